The highest BCUT2D eigenvalue weighted by atomic mass is 35.5. The van der Waals surface area contributed by atoms with Gasteiger partial charge in [-0.05, 0) is 38.5 Å². The number of hydrogen-bond donors (Lipinski definition) is 1. The van der Waals surface area contributed by atoms with Gasteiger partial charge in [0.1, 0.15) is 5.75 Å². The molecule has 1 atom stereocenters. The SMILES string of the molecule is CCN1c2cc(OC)ccc2C(C(Cl)S(=O)(=O)O)=CC1(C)C. The molecule has 1 aliphatic rings. The van der Waals surface area contributed by atoms with E-state index in [1.807, 2.05) is 26.8 Å². The standard InChI is InChI=1S/C15H20ClNO4S/c1-5-17-13-8-10(21-4)6-7-11(13)12(9-15(17,2)3)14(16)22(18,19)20/h6-9,14H,5H2,1-4H3,(H,18,19,20). The number of hydrogen-bond acceptors (Lipinski definition) is 4. The molecule has 0 aliphatic carbocycles. The first-order valence-electron chi connectivity index (χ1n) is 6.91. The molecule has 1 unspecified atom stereocenters. The molecule has 7 heteroatoms. The molecule has 0 fully saturated rings. The number of rotatable bonds is 4. The number of methoxy groups -OCH3 is 1. The van der Waals surface area contributed by atoms with Crippen molar-refractivity contribution in [3.63, 3.8) is 0 Å². The third kappa shape index (κ3) is 2.95. The third-order valence-corrected chi connectivity index (χ3v) is 5.52. The van der Waals surface area contributed by atoms with Crippen molar-refractivity contribution in [1.82, 2.24) is 0 Å². The van der Waals surface area contributed by atoms with Gasteiger partial charge in [0.05, 0.1) is 12.6 Å². The summed E-state index contributed by atoms with van der Waals surface area (Å²) in [5.41, 5.74) is 1.45. The molecule has 2 rings (SSSR count). The number of ether oxygens (including phenoxy) is 1. The summed E-state index contributed by atoms with van der Waals surface area (Å²) in [7, 11) is -2.81. The van der Waals surface area contributed by atoms with E-state index in [-0.39, 0.29) is 0 Å². The molecule has 5 nitrogen and oxygen atoms in total. The first-order chi connectivity index (χ1) is 10.1. The molecule has 1 aromatic rings. The van der Waals surface area contributed by atoms with Crippen LogP contribution in [-0.2, 0) is 10.1 Å². The van der Waals surface area contributed by atoms with Gasteiger partial charge in [-0.15, -0.1) is 0 Å². The van der Waals surface area contributed by atoms with E-state index >= 15 is 0 Å². The molecule has 0 saturated heterocycles. The fourth-order valence-electron chi connectivity index (χ4n) is 2.88. The van der Waals surface area contributed by atoms with Crippen molar-refractivity contribution in [2.24, 2.45) is 0 Å². The highest BCUT2D eigenvalue weighted by Crippen LogP contribution is 2.43. The second kappa shape index (κ2) is 5.76. The Bertz CT molecular complexity index is 712. The lowest BCUT2D eigenvalue weighted by molar-refractivity contribution is 0.414. The van der Waals surface area contributed by atoms with Crippen LogP contribution in [0.2, 0.25) is 0 Å². The maximum Gasteiger partial charge on any atom is 0.286 e. The predicted molar refractivity (Wildman–Crippen MR) is 89.3 cm³/mol. The average molecular weight is 346 g/mol. The van der Waals surface area contributed by atoms with Crippen LogP contribution < -0.4 is 9.64 Å². The van der Waals surface area contributed by atoms with E-state index < -0.39 is 20.4 Å². The molecule has 1 aromatic carbocycles. The molecule has 0 bridgehead atoms. The van der Waals surface area contributed by atoms with Gasteiger partial charge in [0.15, 0.2) is 4.71 Å². The van der Waals surface area contributed by atoms with Crippen molar-refractivity contribution in [3.05, 3.63) is 29.8 Å². The van der Waals surface area contributed by atoms with Crippen LogP contribution in [0.4, 0.5) is 5.69 Å². The van der Waals surface area contributed by atoms with Gasteiger partial charge in [-0.25, -0.2) is 0 Å². The van der Waals surface area contributed by atoms with Crippen molar-refractivity contribution < 1.29 is 17.7 Å². The van der Waals surface area contributed by atoms with Gasteiger partial charge in [0, 0.05) is 23.9 Å². The van der Waals surface area contributed by atoms with Crippen LogP contribution in [0, 0.1) is 0 Å². The zero-order valence-electron chi connectivity index (χ0n) is 13.0. The number of halogens is 1. The lowest BCUT2D eigenvalue weighted by Gasteiger charge is -2.43. The highest BCUT2D eigenvalue weighted by Gasteiger charge is 2.37. The number of nitrogens with zero attached hydrogens (tertiary/aromatic N) is 1. The molecule has 1 heterocycles. The Kier molecular flexibility index (Phi) is 4.48. The Morgan fingerprint density at radius 3 is 2.55 bits per heavy atom. The summed E-state index contributed by atoms with van der Waals surface area (Å²) in [6.07, 6.45) is 1.79. The summed E-state index contributed by atoms with van der Waals surface area (Å²) >= 11 is 6.00. The summed E-state index contributed by atoms with van der Waals surface area (Å²) in [6, 6.07) is 5.35. The summed E-state index contributed by atoms with van der Waals surface area (Å²) in [5, 5.41) is 0. The summed E-state index contributed by atoms with van der Waals surface area (Å²) in [6.45, 7) is 6.68. The number of benzene rings is 1. The van der Waals surface area contributed by atoms with Gasteiger partial charge in [-0.3, -0.25) is 4.55 Å². The van der Waals surface area contributed by atoms with E-state index in [4.69, 9.17) is 16.3 Å². The quantitative estimate of drug-likeness (QED) is 0.670. The Morgan fingerprint density at radius 1 is 1.41 bits per heavy atom. The first-order valence-corrected chi connectivity index (χ1v) is 8.85. The summed E-state index contributed by atoms with van der Waals surface area (Å²) in [5.74, 6) is 0.673. The second-order valence-corrected chi connectivity index (χ2v) is 7.91. The lowest BCUT2D eigenvalue weighted by atomic mass is 9.88. The van der Waals surface area contributed by atoms with Crippen molar-refractivity contribution in [2.75, 3.05) is 18.6 Å². The van der Waals surface area contributed by atoms with Gasteiger partial charge >= 0.3 is 0 Å². The Hall–Kier alpha value is -1.24. The van der Waals surface area contributed by atoms with Crippen LogP contribution in [0.3, 0.4) is 0 Å². The smallest absolute Gasteiger partial charge is 0.286 e. The van der Waals surface area contributed by atoms with E-state index in [2.05, 4.69) is 4.90 Å². The molecule has 1 N–H and O–H groups in total. The van der Waals surface area contributed by atoms with Crippen LogP contribution >= 0.6 is 11.6 Å². The fourth-order valence-corrected chi connectivity index (χ4v) is 3.58. The van der Waals surface area contributed by atoms with Crippen LogP contribution in [-0.4, -0.2) is 36.9 Å². The minimum atomic E-state index is -4.39. The molecule has 22 heavy (non-hydrogen) atoms. The fraction of sp³-hybridized carbons (Fsp3) is 0.467. The van der Waals surface area contributed by atoms with Gasteiger partial charge in [0.2, 0.25) is 0 Å². The Morgan fingerprint density at radius 2 is 2.05 bits per heavy atom. The van der Waals surface area contributed by atoms with Crippen molar-refractivity contribution in [3.8, 4) is 5.75 Å². The van der Waals surface area contributed by atoms with E-state index in [9.17, 15) is 13.0 Å². The van der Waals surface area contributed by atoms with Gasteiger partial charge < -0.3 is 9.64 Å². The van der Waals surface area contributed by atoms with E-state index in [1.165, 1.54) is 0 Å². The van der Waals surface area contributed by atoms with E-state index in [0.29, 0.717) is 16.9 Å². The zero-order valence-corrected chi connectivity index (χ0v) is 14.6. The van der Waals surface area contributed by atoms with Crippen LogP contribution in [0.15, 0.2) is 24.3 Å². The highest BCUT2D eigenvalue weighted by molar-refractivity contribution is 7.88. The van der Waals surface area contributed by atoms with Gasteiger partial charge in [0.25, 0.3) is 10.1 Å². The molecule has 0 radical (unpaired) electrons. The second-order valence-electron chi connectivity index (χ2n) is 5.71. The van der Waals surface area contributed by atoms with E-state index in [0.717, 1.165) is 12.2 Å². The average Bonchev–Trinajstić information content (AvgIpc) is 2.43. The van der Waals surface area contributed by atoms with Gasteiger partial charge in [-0.2, -0.15) is 8.42 Å². The molecular formula is C15H20ClNO4S. The molecule has 0 aromatic heterocycles. The minimum absolute atomic E-state index is 0.386. The molecule has 1 aliphatic heterocycles. The Balaban J connectivity index is 2.70. The molecule has 0 spiro atoms. The minimum Gasteiger partial charge on any atom is -0.497 e. The van der Waals surface area contributed by atoms with Crippen molar-refractivity contribution >= 4 is 33.0 Å². The third-order valence-electron chi connectivity index (χ3n) is 3.83. The molecule has 0 saturated carbocycles. The van der Waals surface area contributed by atoms with Crippen LogP contribution in [0.25, 0.3) is 5.57 Å². The molecule has 122 valence electrons. The predicted octanol–water partition coefficient (Wildman–Crippen LogP) is 3.15. The molecule has 0 amide bonds. The monoisotopic (exact) mass is 345 g/mol. The number of likely N-dealkylation sites (N-methyl/N-ethyl adjacent to an activating group) is 1. The van der Waals surface area contributed by atoms with E-state index in [1.54, 1.807) is 25.3 Å². The number of fused-ring (bicyclic) bond motifs is 1. The maximum atomic E-state index is 11.5. The van der Waals surface area contributed by atoms with Crippen molar-refractivity contribution in [1.29, 1.82) is 0 Å². The largest absolute Gasteiger partial charge is 0.497 e. The molecular weight excluding hydrogens is 326 g/mol. The number of anilines is 1. The lowest BCUT2D eigenvalue weighted by Crippen LogP contribution is -2.45. The summed E-state index contributed by atoms with van der Waals surface area (Å²) in [4.78, 5) is 2.13. The summed E-state index contributed by atoms with van der Waals surface area (Å²) < 4.78 is 36.0. The van der Waals surface area contributed by atoms with Gasteiger partial charge in [-0.1, -0.05) is 17.7 Å². The topological polar surface area (TPSA) is 66.8 Å². The van der Waals surface area contributed by atoms with Crippen molar-refractivity contribution in [2.45, 2.75) is 31.0 Å². The maximum absolute atomic E-state index is 11.5. The van der Waals surface area contributed by atoms with Crippen LogP contribution in [0.5, 0.6) is 5.75 Å². The first kappa shape index (κ1) is 17.1. The normalized spacial score (nSPS) is 18.5. The zero-order chi connectivity index (χ0) is 16.7. The Labute approximate surface area is 136 Å². The van der Waals surface area contributed by atoms with Crippen LogP contribution in [0.1, 0.15) is 26.3 Å². The number of alkyl halides is 1.